The summed E-state index contributed by atoms with van der Waals surface area (Å²) in [5.74, 6) is 2.98. The van der Waals surface area contributed by atoms with Gasteiger partial charge in [-0.2, -0.15) is 0 Å². The number of fused-ring (bicyclic) bond motifs is 3. The Morgan fingerprint density at radius 3 is 1.83 bits per heavy atom. The van der Waals surface area contributed by atoms with Crippen molar-refractivity contribution in [1.29, 1.82) is 5.41 Å². The van der Waals surface area contributed by atoms with Crippen molar-refractivity contribution in [2.45, 2.75) is 51.8 Å². The summed E-state index contributed by atoms with van der Waals surface area (Å²) in [6, 6.07) is 8.00. The van der Waals surface area contributed by atoms with Crippen LogP contribution < -0.4 is 18.9 Å². The number of hydrogen-bond donors (Lipinski definition) is 1. The molecule has 3 aromatic carbocycles. The lowest BCUT2D eigenvalue weighted by molar-refractivity contribution is 0.0963. The number of nitrogens with zero attached hydrogens (tertiary/aromatic N) is 1. The number of benzene rings is 3. The Bertz CT molecular complexity index is 1300. The number of hydrogen-bond acceptors (Lipinski definition) is 7. The molecule has 8 heteroatoms. The van der Waals surface area contributed by atoms with Gasteiger partial charge in [0.05, 0.1) is 34.5 Å². The molecule has 1 aliphatic rings. The predicted octanol–water partition coefficient (Wildman–Crippen LogP) is 6.55. The fourth-order valence-electron chi connectivity index (χ4n) is 4.98. The molecule has 1 aliphatic heterocycles. The van der Waals surface area contributed by atoms with Gasteiger partial charge in [0.15, 0.2) is 28.9 Å². The van der Waals surface area contributed by atoms with Crippen molar-refractivity contribution in [3.8, 4) is 23.0 Å². The van der Waals surface area contributed by atoms with Gasteiger partial charge in [0.25, 0.3) is 0 Å². The van der Waals surface area contributed by atoms with E-state index >= 15 is 0 Å². The molecule has 1 fully saturated rings. The molecular weight excluding hydrogens is 524 g/mol. The molecule has 7 nitrogen and oxygen atoms in total. The van der Waals surface area contributed by atoms with Gasteiger partial charge >= 0.3 is 0 Å². The Hall–Kier alpha value is -2.71. The summed E-state index contributed by atoms with van der Waals surface area (Å²) in [5.41, 5.74) is 0.710. The summed E-state index contributed by atoms with van der Waals surface area (Å²) in [6.45, 7) is 7.49. The standard InChI is InChI=1S/C28H35BrN2O5/c1-28(2,3)36-27(30)21-9-8-10-31(21)15-20-18-13-24(34-6)22(32-4)11-16(18)17-12-23(33-5)25(35-7)14-19(17)26(20)29/h11-14,21,30H,8-10,15H2,1-7H3/t21-/m0/s1. The summed E-state index contributed by atoms with van der Waals surface area (Å²) in [4.78, 5) is 2.33. The molecule has 0 unspecified atom stereocenters. The maximum atomic E-state index is 8.66. The number of methoxy groups -OCH3 is 4. The van der Waals surface area contributed by atoms with Gasteiger partial charge in [0, 0.05) is 16.4 Å². The first-order valence-corrected chi connectivity index (χ1v) is 12.8. The lowest BCUT2D eigenvalue weighted by Gasteiger charge is -2.30. The SMILES string of the molecule is COc1cc2c(Br)c(CN3CCC[C@H]3C(=N)OC(C)(C)C)c3cc(OC)c(OC)cc3c2cc1OC. The van der Waals surface area contributed by atoms with Gasteiger partial charge in [0.2, 0.25) is 0 Å². The van der Waals surface area contributed by atoms with Gasteiger partial charge in [-0.05, 0) is 102 Å². The number of ether oxygens (including phenoxy) is 5. The largest absolute Gasteiger partial charge is 0.493 e. The molecule has 1 heterocycles. The Labute approximate surface area is 221 Å². The molecule has 1 atom stereocenters. The van der Waals surface area contributed by atoms with Crippen LogP contribution in [-0.2, 0) is 11.3 Å². The van der Waals surface area contributed by atoms with Crippen molar-refractivity contribution in [1.82, 2.24) is 4.90 Å². The molecule has 3 aromatic rings. The van der Waals surface area contributed by atoms with Crippen LogP contribution in [0.25, 0.3) is 21.5 Å². The van der Waals surface area contributed by atoms with Crippen LogP contribution in [0.15, 0.2) is 28.7 Å². The third kappa shape index (κ3) is 4.93. The average molecular weight is 560 g/mol. The number of likely N-dealkylation sites (tertiary alicyclic amines) is 1. The Kier molecular flexibility index (Phi) is 7.57. The molecule has 4 rings (SSSR count). The first-order valence-electron chi connectivity index (χ1n) is 12.0. The quantitative estimate of drug-likeness (QED) is 0.201. The van der Waals surface area contributed by atoms with Crippen LogP contribution in [-0.4, -0.2) is 57.4 Å². The van der Waals surface area contributed by atoms with Crippen LogP contribution in [0.5, 0.6) is 23.0 Å². The Balaban J connectivity index is 1.92. The van der Waals surface area contributed by atoms with Crippen LogP contribution in [0.1, 0.15) is 39.2 Å². The minimum atomic E-state index is -0.402. The highest BCUT2D eigenvalue weighted by Gasteiger charge is 2.32. The first kappa shape index (κ1) is 26.4. The van der Waals surface area contributed by atoms with Gasteiger partial charge in [0.1, 0.15) is 5.60 Å². The van der Waals surface area contributed by atoms with Gasteiger partial charge < -0.3 is 23.7 Å². The molecular formula is C28H35BrN2O5. The van der Waals surface area contributed by atoms with E-state index < -0.39 is 5.60 Å². The van der Waals surface area contributed by atoms with Gasteiger partial charge in [-0.1, -0.05) is 0 Å². The maximum absolute atomic E-state index is 8.66. The summed E-state index contributed by atoms with van der Waals surface area (Å²) < 4.78 is 29.5. The molecule has 36 heavy (non-hydrogen) atoms. The minimum Gasteiger partial charge on any atom is -0.493 e. The second-order valence-electron chi connectivity index (χ2n) is 10.0. The van der Waals surface area contributed by atoms with Crippen LogP contribution in [0.4, 0.5) is 0 Å². The number of rotatable bonds is 7. The van der Waals surface area contributed by atoms with Crippen molar-refractivity contribution in [3.63, 3.8) is 0 Å². The predicted molar refractivity (Wildman–Crippen MR) is 147 cm³/mol. The van der Waals surface area contributed by atoms with E-state index in [1.807, 2.05) is 45.0 Å². The van der Waals surface area contributed by atoms with E-state index in [0.717, 1.165) is 51.0 Å². The Morgan fingerprint density at radius 1 is 0.861 bits per heavy atom. The fourth-order valence-corrected chi connectivity index (χ4v) is 5.65. The van der Waals surface area contributed by atoms with E-state index in [1.165, 1.54) is 0 Å². The Morgan fingerprint density at radius 2 is 1.33 bits per heavy atom. The molecule has 0 bridgehead atoms. The highest BCUT2D eigenvalue weighted by molar-refractivity contribution is 9.10. The lowest BCUT2D eigenvalue weighted by atomic mass is 9.95. The van der Waals surface area contributed by atoms with E-state index in [-0.39, 0.29) is 6.04 Å². The molecule has 0 aromatic heterocycles. The summed E-state index contributed by atoms with van der Waals surface area (Å²) in [7, 11) is 6.57. The van der Waals surface area contributed by atoms with Crippen molar-refractivity contribution in [3.05, 3.63) is 34.3 Å². The van der Waals surface area contributed by atoms with Crippen LogP contribution in [0.2, 0.25) is 0 Å². The van der Waals surface area contributed by atoms with E-state index in [9.17, 15) is 0 Å². The minimum absolute atomic E-state index is 0.0626. The highest BCUT2D eigenvalue weighted by Crippen LogP contribution is 2.45. The zero-order valence-corrected chi connectivity index (χ0v) is 23.7. The summed E-state index contributed by atoms with van der Waals surface area (Å²) >= 11 is 3.93. The normalized spacial score (nSPS) is 16.4. The number of nitrogens with one attached hydrogen (secondary N) is 1. The molecule has 1 N–H and O–H groups in total. The zero-order valence-electron chi connectivity index (χ0n) is 22.1. The second kappa shape index (κ2) is 10.3. The van der Waals surface area contributed by atoms with Gasteiger partial charge in [-0.15, -0.1) is 0 Å². The van der Waals surface area contributed by atoms with E-state index in [1.54, 1.807) is 28.4 Å². The average Bonchev–Trinajstić information content (AvgIpc) is 3.32. The van der Waals surface area contributed by atoms with Crippen LogP contribution in [0.3, 0.4) is 0 Å². The van der Waals surface area contributed by atoms with Crippen LogP contribution >= 0.6 is 15.9 Å². The summed E-state index contributed by atoms with van der Waals surface area (Å²) in [6.07, 6.45) is 1.92. The second-order valence-corrected chi connectivity index (χ2v) is 10.8. The fraction of sp³-hybridized carbons (Fsp3) is 0.464. The van der Waals surface area contributed by atoms with Gasteiger partial charge in [-0.25, -0.2) is 0 Å². The van der Waals surface area contributed by atoms with E-state index in [4.69, 9.17) is 29.1 Å². The highest BCUT2D eigenvalue weighted by atomic mass is 79.9. The monoisotopic (exact) mass is 558 g/mol. The first-order chi connectivity index (χ1) is 17.1. The van der Waals surface area contributed by atoms with Crippen LogP contribution in [0, 0.1) is 5.41 Å². The zero-order chi connectivity index (χ0) is 26.2. The molecule has 0 amide bonds. The van der Waals surface area contributed by atoms with Crippen molar-refractivity contribution >= 4 is 43.4 Å². The lowest BCUT2D eigenvalue weighted by Crippen LogP contribution is -2.39. The smallest absolute Gasteiger partial charge is 0.198 e. The third-order valence-corrected chi connectivity index (χ3v) is 7.51. The van der Waals surface area contributed by atoms with Crippen molar-refractivity contribution < 1.29 is 23.7 Å². The molecule has 1 saturated heterocycles. The third-order valence-electron chi connectivity index (χ3n) is 6.61. The molecule has 0 saturated carbocycles. The van der Waals surface area contributed by atoms with E-state index in [0.29, 0.717) is 35.4 Å². The van der Waals surface area contributed by atoms with E-state index in [2.05, 4.69) is 20.8 Å². The molecule has 0 radical (unpaired) electrons. The van der Waals surface area contributed by atoms with Gasteiger partial charge in [-0.3, -0.25) is 10.3 Å². The molecule has 194 valence electrons. The number of halogens is 1. The maximum Gasteiger partial charge on any atom is 0.198 e. The van der Waals surface area contributed by atoms with Crippen molar-refractivity contribution in [2.75, 3.05) is 35.0 Å². The summed E-state index contributed by atoms with van der Waals surface area (Å²) in [5, 5.41) is 12.8. The molecule has 0 aliphatic carbocycles. The molecule has 0 spiro atoms. The topological polar surface area (TPSA) is 73.2 Å². The van der Waals surface area contributed by atoms with Crippen molar-refractivity contribution in [2.24, 2.45) is 0 Å².